The van der Waals surface area contributed by atoms with Gasteiger partial charge >= 0.3 is 0 Å². The van der Waals surface area contributed by atoms with Crippen LogP contribution < -0.4 is 4.90 Å². The van der Waals surface area contributed by atoms with Crippen molar-refractivity contribution in [3.05, 3.63) is 65.2 Å². The number of amides is 1. The molecule has 0 unspecified atom stereocenters. The molecule has 3 heterocycles. The fraction of sp³-hybridized carbons (Fsp3) is 0.292. The number of ether oxygens (including phenoxy) is 1. The molecule has 0 N–H and O–H groups in total. The maximum absolute atomic E-state index is 13.4. The van der Waals surface area contributed by atoms with E-state index in [1.165, 1.54) is 5.56 Å². The number of carbonyl (C=O) groups excluding carboxylic acids is 1. The van der Waals surface area contributed by atoms with Crippen LogP contribution in [0, 0.1) is 6.92 Å². The van der Waals surface area contributed by atoms with E-state index in [1.807, 2.05) is 29.6 Å². The molecule has 31 heavy (non-hydrogen) atoms. The van der Waals surface area contributed by atoms with E-state index < -0.39 is 0 Å². The number of benzene rings is 2. The number of thiazole rings is 2. The summed E-state index contributed by atoms with van der Waals surface area (Å²) in [7, 11) is 0. The molecular weight excluding hydrogens is 426 g/mol. The zero-order valence-electron chi connectivity index (χ0n) is 17.3. The van der Waals surface area contributed by atoms with Crippen LogP contribution in [-0.4, -0.2) is 35.1 Å². The molecule has 1 aliphatic heterocycles. The van der Waals surface area contributed by atoms with Crippen LogP contribution >= 0.6 is 22.7 Å². The van der Waals surface area contributed by atoms with E-state index in [2.05, 4.69) is 31.2 Å². The zero-order valence-corrected chi connectivity index (χ0v) is 18.9. The molecule has 2 aromatic heterocycles. The molecule has 0 saturated carbocycles. The molecule has 158 valence electrons. The Labute approximate surface area is 189 Å². The number of aryl methyl sites for hydroxylation is 1. The van der Waals surface area contributed by atoms with Gasteiger partial charge in [-0.3, -0.25) is 9.69 Å². The highest BCUT2D eigenvalue weighted by Crippen LogP contribution is 2.31. The molecule has 0 aliphatic carbocycles. The van der Waals surface area contributed by atoms with Crippen LogP contribution in [0.2, 0.25) is 0 Å². The molecule has 0 bridgehead atoms. The summed E-state index contributed by atoms with van der Waals surface area (Å²) in [5, 5.41) is 3.65. The van der Waals surface area contributed by atoms with Crippen molar-refractivity contribution in [3.63, 3.8) is 0 Å². The first-order chi connectivity index (χ1) is 15.2. The maximum Gasteiger partial charge on any atom is 0.234 e. The largest absolute Gasteiger partial charge is 0.376 e. The van der Waals surface area contributed by atoms with E-state index in [0.717, 1.165) is 51.1 Å². The Kier molecular flexibility index (Phi) is 5.80. The third-order valence-corrected chi connectivity index (χ3v) is 7.41. The summed E-state index contributed by atoms with van der Waals surface area (Å²) in [6.07, 6.45) is 2.33. The first-order valence-electron chi connectivity index (χ1n) is 10.4. The predicted molar refractivity (Wildman–Crippen MR) is 127 cm³/mol. The minimum atomic E-state index is 0.00955. The molecule has 0 radical (unpaired) electrons. The van der Waals surface area contributed by atoms with Crippen LogP contribution in [-0.2, 0) is 16.0 Å². The van der Waals surface area contributed by atoms with Crippen LogP contribution in [0.4, 0.5) is 5.13 Å². The highest BCUT2D eigenvalue weighted by atomic mass is 32.1. The van der Waals surface area contributed by atoms with Gasteiger partial charge < -0.3 is 4.74 Å². The summed E-state index contributed by atoms with van der Waals surface area (Å²) in [6, 6.07) is 16.3. The SMILES string of the molecule is Cc1ccc(-c2nc(CC(=O)N(C[C@H]3CCCO3)c3nc4ccccc4s3)cs2)cc1. The van der Waals surface area contributed by atoms with Crippen molar-refractivity contribution in [1.29, 1.82) is 0 Å². The highest BCUT2D eigenvalue weighted by molar-refractivity contribution is 7.22. The summed E-state index contributed by atoms with van der Waals surface area (Å²) < 4.78 is 6.90. The number of aromatic nitrogens is 2. The lowest BCUT2D eigenvalue weighted by molar-refractivity contribution is -0.118. The van der Waals surface area contributed by atoms with Gasteiger partial charge in [0.05, 0.1) is 35.0 Å². The molecule has 0 spiro atoms. The number of hydrogen-bond donors (Lipinski definition) is 0. The van der Waals surface area contributed by atoms with Crippen molar-refractivity contribution in [2.24, 2.45) is 0 Å². The summed E-state index contributed by atoms with van der Waals surface area (Å²) in [5.41, 5.74) is 4.01. The Morgan fingerprint density at radius 3 is 2.77 bits per heavy atom. The van der Waals surface area contributed by atoms with Crippen molar-refractivity contribution in [2.45, 2.75) is 32.3 Å². The lowest BCUT2D eigenvalue weighted by atomic mass is 10.2. The Hall–Kier alpha value is -2.61. The minimum absolute atomic E-state index is 0.00955. The average molecular weight is 450 g/mol. The van der Waals surface area contributed by atoms with E-state index in [1.54, 1.807) is 27.6 Å². The molecule has 5 nitrogen and oxygen atoms in total. The van der Waals surface area contributed by atoms with E-state index in [4.69, 9.17) is 14.7 Å². The van der Waals surface area contributed by atoms with Crippen molar-refractivity contribution < 1.29 is 9.53 Å². The standard InChI is InChI=1S/C24H23N3O2S2/c1-16-8-10-17(11-9-16)23-25-18(15-30-23)13-22(28)27(14-19-5-4-12-29-19)24-26-20-6-2-3-7-21(20)31-24/h2-3,6-11,15,19H,4-5,12-14H2,1H3/t19-/m1/s1. The van der Waals surface area contributed by atoms with Crippen LogP contribution in [0.25, 0.3) is 20.8 Å². The van der Waals surface area contributed by atoms with Gasteiger partial charge in [-0.05, 0) is 31.9 Å². The van der Waals surface area contributed by atoms with E-state index in [-0.39, 0.29) is 18.4 Å². The highest BCUT2D eigenvalue weighted by Gasteiger charge is 2.26. The minimum Gasteiger partial charge on any atom is -0.376 e. The third kappa shape index (κ3) is 4.54. The second kappa shape index (κ2) is 8.86. The van der Waals surface area contributed by atoms with Gasteiger partial charge in [-0.1, -0.05) is 53.3 Å². The molecule has 2 aromatic carbocycles. The number of hydrogen-bond acceptors (Lipinski definition) is 6. The Balaban J connectivity index is 1.38. The molecule has 1 saturated heterocycles. The van der Waals surface area contributed by atoms with Gasteiger partial charge in [0, 0.05) is 17.6 Å². The number of anilines is 1. The third-order valence-electron chi connectivity index (χ3n) is 5.41. The molecule has 5 rings (SSSR count). The first-order valence-corrected chi connectivity index (χ1v) is 12.1. The summed E-state index contributed by atoms with van der Waals surface area (Å²) in [5.74, 6) is 0.00955. The predicted octanol–water partition coefficient (Wildman–Crippen LogP) is 5.48. The molecule has 1 fully saturated rings. The number of nitrogens with zero attached hydrogens (tertiary/aromatic N) is 3. The van der Waals surface area contributed by atoms with Crippen LogP contribution in [0.3, 0.4) is 0 Å². The normalized spacial score (nSPS) is 16.1. The topological polar surface area (TPSA) is 55.3 Å². The van der Waals surface area contributed by atoms with E-state index in [9.17, 15) is 4.79 Å². The number of rotatable bonds is 6. The number of carbonyl (C=O) groups is 1. The van der Waals surface area contributed by atoms with Crippen LogP contribution in [0.5, 0.6) is 0 Å². The van der Waals surface area contributed by atoms with E-state index >= 15 is 0 Å². The fourth-order valence-corrected chi connectivity index (χ4v) is 5.54. The lowest BCUT2D eigenvalue weighted by Gasteiger charge is -2.22. The second-order valence-corrected chi connectivity index (χ2v) is 9.66. The van der Waals surface area contributed by atoms with Gasteiger partial charge in [0.2, 0.25) is 5.91 Å². The van der Waals surface area contributed by atoms with Crippen molar-refractivity contribution in [3.8, 4) is 10.6 Å². The smallest absolute Gasteiger partial charge is 0.234 e. The summed E-state index contributed by atoms with van der Waals surface area (Å²) in [4.78, 5) is 24.6. The molecule has 1 amide bonds. The Bertz CT molecular complexity index is 1160. The summed E-state index contributed by atoms with van der Waals surface area (Å²) in [6.45, 7) is 3.37. The monoisotopic (exact) mass is 449 g/mol. The lowest BCUT2D eigenvalue weighted by Crippen LogP contribution is -2.38. The quantitative estimate of drug-likeness (QED) is 0.391. The number of fused-ring (bicyclic) bond motifs is 1. The molecule has 1 aliphatic rings. The van der Waals surface area contributed by atoms with Crippen molar-refractivity contribution in [1.82, 2.24) is 9.97 Å². The average Bonchev–Trinajstić information content (AvgIpc) is 3.53. The van der Waals surface area contributed by atoms with Gasteiger partial charge in [0.25, 0.3) is 0 Å². The maximum atomic E-state index is 13.4. The summed E-state index contributed by atoms with van der Waals surface area (Å²) >= 11 is 3.13. The van der Waals surface area contributed by atoms with E-state index in [0.29, 0.717) is 6.54 Å². The Morgan fingerprint density at radius 1 is 1.16 bits per heavy atom. The molecule has 4 aromatic rings. The first kappa shape index (κ1) is 20.3. The van der Waals surface area contributed by atoms with Gasteiger partial charge in [0.1, 0.15) is 5.01 Å². The van der Waals surface area contributed by atoms with Crippen LogP contribution in [0.1, 0.15) is 24.1 Å². The van der Waals surface area contributed by atoms with Gasteiger partial charge in [-0.25, -0.2) is 9.97 Å². The number of para-hydroxylation sites is 1. The fourth-order valence-electron chi connectivity index (χ4n) is 3.72. The van der Waals surface area contributed by atoms with Crippen molar-refractivity contribution in [2.75, 3.05) is 18.1 Å². The molecular formula is C24H23N3O2S2. The molecule has 1 atom stereocenters. The van der Waals surface area contributed by atoms with Crippen LogP contribution in [0.15, 0.2) is 53.9 Å². The van der Waals surface area contributed by atoms with Gasteiger partial charge in [-0.2, -0.15) is 0 Å². The van der Waals surface area contributed by atoms with Gasteiger partial charge in [0.15, 0.2) is 5.13 Å². The second-order valence-electron chi connectivity index (χ2n) is 7.79. The van der Waals surface area contributed by atoms with Crippen molar-refractivity contribution >= 4 is 43.9 Å². The molecule has 7 heteroatoms. The van der Waals surface area contributed by atoms with Gasteiger partial charge in [-0.15, -0.1) is 11.3 Å². The Morgan fingerprint density at radius 2 is 2.00 bits per heavy atom. The zero-order chi connectivity index (χ0) is 21.2.